The van der Waals surface area contributed by atoms with E-state index in [2.05, 4.69) is 15.6 Å². The van der Waals surface area contributed by atoms with Crippen LogP contribution in [0.1, 0.15) is 39.1 Å². The molecule has 7 nitrogen and oxygen atoms in total. The molecule has 0 unspecified atom stereocenters. The van der Waals surface area contributed by atoms with Gasteiger partial charge in [0.1, 0.15) is 0 Å². The van der Waals surface area contributed by atoms with Gasteiger partial charge in [0, 0.05) is 0 Å². The number of fused-ring (bicyclic) bond motifs is 1. The summed E-state index contributed by atoms with van der Waals surface area (Å²) in [4.78, 5) is 33.6. The number of nitrogens with one attached hydrogen (secondary N) is 2. The number of hydroxylamine groups is 2. The van der Waals surface area contributed by atoms with Crippen molar-refractivity contribution in [3.63, 3.8) is 0 Å². The maximum Gasteiger partial charge on any atom is 0.258 e. The van der Waals surface area contributed by atoms with Crippen LogP contribution in [-0.2, 0) is 11.3 Å². The van der Waals surface area contributed by atoms with E-state index in [0.717, 1.165) is 24.8 Å². The lowest BCUT2D eigenvalue weighted by atomic mass is 10.0. The Bertz CT molecular complexity index is 1010. The number of guanidine groups is 1. The molecule has 2 aliphatic heterocycles. The summed E-state index contributed by atoms with van der Waals surface area (Å²) in [6.45, 7) is 1.81. The summed E-state index contributed by atoms with van der Waals surface area (Å²) in [5.41, 5.74) is 2.53. The molecule has 0 bridgehead atoms. The Morgan fingerprint density at radius 2 is 1.83 bits per heavy atom. The highest BCUT2D eigenvalue weighted by molar-refractivity contribution is 6.39. The minimum absolute atomic E-state index is 0.327. The second-order valence-corrected chi connectivity index (χ2v) is 7.80. The van der Waals surface area contributed by atoms with Gasteiger partial charge < -0.3 is 5.32 Å². The van der Waals surface area contributed by atoms with Crippen LogP contribution in [0.3, 0.4) is 0 Å². The van der Waals surface area contributed by atoms with Gasteiger partial charge in [-0.3, -0.25) is 19.7 Å². The number of hydrogen-bond acceptors (Lipinski definition) is 6. The van der Waals surface area contributed by atoms with Gasteiger partial charge in [-0.25, -0.2) is 10.1 Å². The average Bonchev–Trinajstić information content (AvgIpc) is 3.28. The molecule has 0 atom stereocenters. The molecule has 30 heavy (non-hydrogen) atoms. The summed E-state index contributed by atoms with van der Waals surface area (Å²) in [5.74, 6) is -0.0730. The minimum atomic E-state index is -0.329. The van der Waals surface area contributed by atoms with Crippen LogP contribution in [0.2, 0.25) is 10.0 Å². The molecule has 0 radical (unpaired) electrons. The number of carbonyl (C=O) groups is 2. The van der Waals surface area contributed by atoms with Crippen LogP contribution >= 0.6 is 23.2 Å². The maximum absolute atomic E-state index is 11.8. The second-order valence-electron chi connectivity index (χ2n) is 6.98. The van der Waals surface area contributed by atoms with Crippen molar-refractivity contribution in [1.29, 1.82) is 0 Å². The lowest BCUT2D eigenvalue weighted by molar-refractivity contribution is -0.0923. The van der Waals surface area contributed by atoms with Crippen molar-refractivity contribution in [3.8, 4) is 0 Å². The van der Waals surface area contributed by atoms with Crippen molar-refractivity contribution < 1.29 is 14.4 Å². The number of anilines is 1. The number of benzene rings is 2. The van der Waals surface area contributed by atoms with Gasteiger partial charge in [-0.2, -0.15) is 0 Å². The molecule has 0 saturated carbocycles. The van der Waals surface area contributed by atoms with Crippen molar-refractivity contribution in [2.45, 2.75) is 19.3 Å². The molecule has 2 aliphatic rings. The molecule has 0 spiro atoms. The van der Waals surface area contributed by atoms with E-state index in [0.29, 0.717) is 52.5 Å². The van der Waals surface area contributed by atoms with Crippen LogP contribution in [0.5, 0.6) is 0 Å². The van der Waals surface area contributed by atoms with E-state index in [1.54, 1.807) is 35.4 Å². The number of aliphatic imine (C=N–C) groups is 1. The van der Waals surface area contributed by atoms with Crippen molar-refractivity contribution >= 4 is 46.7 Å². The summed E-state index contributed by atoms with van der Waals surface area (Å²) >= 11 is 12.4. The average molecular weight is 447 g/mol. The largest absolute Gasteiger partial charge is 0.322 e. The Kier molecular flexibility index (Phi) is 6.22. The number of para-hydroxylation sites is 1. The molecule has 2 amide bonds. The monoisotopic (exact) mass is 446 g/mol. The van der Waals surface area contributed by atoms with Crippen LogP contribution in [0.25, 0.3) is 0 Å². The Morgan fingerprint density at radius 3 is 2.63 bits per heavy atom. The fraction of sp³-hybridized carbons (Fsp3) is 0.286. The first-order valence-electron chi connectivity index (χ1n) is 9.67. The van der Waals surface area contributed by atoms with Crippen LogP contribution in [0.15, 0.2) is 41.4 Å². The van der Waals surface area contributed by atoms with Crippen molar-refractivity contribution in [2.24, 2.45) is 4.99 Å². The lowest BCUT2D eigenvalue weighted by Crippen LogP contribution is -2.33. The maximum atomic E-state index is 11.8. The molecule has 2 heterocycles. The van der Waals surface area contributed by atoms with Gasteiger partial charge in [0.15, 0.2) is 0 Å². The van der Waals surface area contributed by atoms with Gasteiger partial charge in [0.25, 0.3) is 11.8 Å². The fourth-order valence-corrected chi connectivity index (χ4v) is 3.86. The summed E-state index contributed by atoms with van der Waals surface area (Å²) in [6, 6.07) is 10.7. The zero-order chi connectivity index (χ0) is 21.1. The number of nitrogens with zero attached hydrogens (tertiary/aromatic N) is 2. The van der Waals surface area contributed by atoms with E-state index in [4.69, 9.17) is 28.0 Å². The number of imide groups is 1. The highest BCUT2D eigenvalue weighted by Crippen LogP contribution is 2.30. The molecule has 2 N–H and O–H groups in total. The predicted molar refractivity (Wildman–Crippen MR) is 116 cm³/mol. The summed E-state index contributed by atoms with van der Waals surface area (Å²) in [7, 11) is 0. The normalized spacial score (nSPS) is 15.3. The van der Waals surface area contributed by atoms with E-state index in [-0.39, 0.29) is 11.8 Å². The van der Waals surface area contributed by atoms with Gasteiger partial charge in [-0.05, 0) is 49.1 Å². The van der Waals surface area contributed by atoms with Crippen molar-refractivity contribution in [3.05, 3.63) is 63.1 Å². The second kappa shape index (κ2) is 9.04. The third kappa shape index (κ3) is 4.43. The first-order valence-corrected chi connectivity index (χ1v) is 10.4. The predicted octanol–water partition coefficient (Wildman–Crippen LogP) is 3.92. The Labute approximate surface area is 184 Å². The fourth-order valence-electron chi connectivity index (χ4n) is 3.36. The number of amides is 2. The zero-order valence-corrected chi connectivity index (χ0v) is 17.6. The van der Waals surface area contributed by atoms with Gasteiger partial charge in [0.2, 0.25) is 5.96 Å². The molecule has 2 aromatic carbocycles. The van der Waals surface area contributed by atoms with Gasteiger partial charge >= 0.3 is 0 Å². The van der Waals surface area contributed by atoms with Crippen molar-refractivity contribution in [1.82, 2.24) is 10.4 Å². The highest BCUT2D eigenvalue weighted by atomic mass is 35.5. The minimum Gasteiger partial charge on any atom is -0.322 e. The lowest BCUT2D eigenvalue weighted by Gasteiger charge is -2.21. The van der Waals surface area contributed by atoms with Crippen molar-refractivity contribution in [2.75, 3.05) is 25.0 Å². The number of rotatable bonds is 7. The van der Waals surface area contributed by atoms with E-state index >= 15 is 0 Å². The summed E-state index contributed by atoms with van der Waals surface area (Å²) < 4.78 is 0. The zero-order valence-electron chi connectivity index (χ0n) is 16.1. The highest BCUT2D eigenvalue weighted by Gasteiger charge is 2.26. The molecular formula is C21H20Cl2N4O3. The number of hydrogen-bond donors (Lipinski definition) is 2. The van der Waals surface area contributed by atoms with E-state index in [9.17, 15) is 9.59 Å². The standard InChI is InChI=1S/C21H20Cl2N4O3/c22-16-5-3-6-17(23)18(16)25-21-24-9-10-27(21)30-11-2-1-4-13-7-8-14-15(12-13)20(29)26-19(14)28/h3,5-8,12H,1-2,4,9-11H2,(H,24,25)(H,26,28,29). The van der Waals surface area contributed by atoms with Gasteiger partial charge in [-0.15, -0.1) is 0 Å². The molecule has 156 valence electrons. The van der Waals surface area contributed by atoms with E-state index < -0.39 is 0 Å². The molecule has 0 aromatic heterocycles. The van der Waals surface area contributed by atoms with Gasteiger partial charge in [-0.1, -0.05) is 35.3 Å². The van der Waals surface area contributed by atoms with Crippen LogP contribution in [0.4, 0.5) is 5.69 Å². The summed E-state index contributed by atoms with van der Waals surface area (Å²) in [6.07, 6.45) is 2.52. The van der Waals surface area contributed by atoms with E-state index in [1.165, 1.54) is 0 Å². The topological polar surface area (TPSA) is 83.0 Å². The molecule has 0 fully saturated rings. The molecule has 0 aliphatic carbocycles. The first kappa shape index (κ1) is 20.7. The molecule has 0 saturated heterocycles. The smallest absolute Gasteiger partial charge is 0.258 e. The Morgan fingerprint density at radius 1 is 1.07 bits per heavy atom. The summed E-state index contributed by atoms with van der Waals surface area (Å²) in [5, 5.41) is 8.20. The number of carbonyl (C=O) groups excluding carboxylic acids is 2. The van der Waals surface area contributed by atoms with Crippen LogP contribution < -0.4 is 10.6 Å². The van der Waals surface area contributed by atoms with Crippen LogP contribution in [-0.4, -0.2) is 42.5 Å². The molecule has 4 rings (SSSR count). The SMILES string of the molecule is O=C1NC(=O)c2cc(CCCCON3CCN=C3Nc3c(Cl)cccc3Cl)ccc21. The number of aryl methyl sites for hydroxylation is 1. The van der Waals surface area contributed by atoms with Gasteiger partial charge in [0.05, 0.1) is 46.6 Å². The molecule has 2 aromatic rings. The molecule has 9 heteroatoms. The number of unbranched alkanes of at least 4 members (excludes halogenated alkanes) is 1. The third-order valence-corrected chi connectivity index (χ3v) is 5.54. The molecular weight excluding hydrogens is 427 g/mol. The number of halogens is 2. The third-order valence-electron chi connectivity index (χ3n) is 4.91. The Balaban J connectivity index is 1.24. The Hall–Kier alpha value is -2.61. The quantitative estimate of drug-likeness (QED) is 0.497. The first-order chi connectivity index (χ1) is 14.5. The van der Waals surface area contributed by atoms with E-state index in [1.807, 2.05) is 6.07 Å². The van der Waals surface area contributed by atoms with Crippen LogP contribution in [0, 0.1) is 0 Å².